The summed E-state index contributed by atoms with van der Waals surface area (Å²) in [7, 11) is 0. The first-order valence-electron chi connectivity index (χ1n) is 15.8. The van der Waals surface area contributed by atoms with Crippen molar-refractivity contribution in [2.45, 2.75) is 96.9 Å². The molecular weight excluding hydrogens is 534 g/mol. The van der Waals surface area contributed by atoms with E-state index in [1.807, 2.05) is 41.5 Å². The van der Waals surface area contributed by atoms with E-state index >= 15 is 0 Å². The van der Waals surface area contributed by atoms with Gasteiger partial charge in [0.15, 0.2) is 0 Å². The fraction of sp³-hybridized carbons (Fsp3) is 0.727. The topological polar surface area (TPSA) is 115 Å². The van der Waals surface area contributed by atoms with Crippen molar-refractivity contribution in [2.24, 2.45) is 17.8 Å². The lowest BCUT2D eigenvalue weighted by Crippen LogP contribution is -2.44. The number of rotatable bonds is 9. The molecule has 9 nitrogen and oxygen atoms in total. The van der Waals surface area contributed by atoms with E-state index in [-0.39, 0.29) is 34.4 Å². The van der Waals surface area contributed by atoms with Crippen LogP contribution in [-0.4, -0.2) is 74.0 Å². The molecule has 0 unspecified atom stereocenters. The largest absolute Gasteiger partial charge is 0.456 e. The van der Waals surface area contributed by atoms with Crippen molar-refractivity contribution in [3.63, 3.8) is 0 Å². The van der Waals surface area contributed by atoms with Crippen molar-refractivity contribution in [1.29, 1.82) is 0 Å². The molecule has 1 aromatic carbocycles. The molecule has 0 spiro atoms. The Morgan fingerprint density at radius 1 is 0.548 bits per heavy atom. The van der Waals surface area contributed by atoms with Crippen LogP contribution in [0, 0.1) is 17.8 Å². The summed E-state index contributed by atoms with van der Waals surface area (Å²) in [4.78, 5) is 40.8. The van der Waals surface area contributed by atoms with E-state index in [9.17, 15) is 14.4 Å². The molecule has 0 atom stereocenters. The summed E-state index contributed by atoms with van der Waals surface area (Å²) in [5.74, 6) is -1.17. The second-order valence-corrected chi connectivity index (χ2v) is 13.8. The van der Waals surface area contributed by atoms with E-state index in [1.54, 1.807) is 6.07 Å². The first kappa shape index (κ1) is 32.4. The average Bonchev–Trinajstić information content (AvgIpc) is 2.97. The van der Waals surface area contributed by atoms with Gasteiger partial charge in [-0.15, -0.1) is 0 Å². The second-order valence-electron chi connectivity index (χ2n) is 13.8. The molecule has 1 aromatic rings. The van der Waals surface area contributed by atoms with E-state index in [0.29, 0.717) is 0 Å². The smallest absolute Gasteiger partial charge is 0.339 e. The molecule has 42 heavy (non-hydrogen) atoms. The number of hydrogen-bond donors (Lipinski definition) is 3. The van der Waals surface area contributed by atoms with Crippen LogP contribution in [0.25, 0.3) is 0 Å². The standard InChI is InChI=1S/C33H51N3O6/c1-31(2,23-9-15-34-16-10-23)40-28(37)22-7-8-26(29(38)41-32(3,4)24-11-17-35-18-12-24)27(21-22)30(39)42-33(5,6)25-13-19-36-20-14-25/h7-8,21,23-25,34-36H,9-20H2,1-6H3. The molecule has 3 heterocycles. The molecule has 234 valence electrons. The molecule has 3 fully saturated rings. The maximum absolute atomic E-state index is 13.8. The SMILES string of the molecule is CC(C)(OC(=O)c1ccc(C(=O)OC(C)(C)C2CCNCC2)c(C(=O)OC(C)(C)C2CCNCC2)c1)C1CCNCC1. The Hall–Kier alpha value is -2.49. The summed E-state index contributed by atoms with van der Waals surface area (Å²) >= 11 is 0. The highest BCUT2D eigenvalue weighted by Crippen LogP contribution is 2.34. The third-order valence-electron chi connectivity index (χ3n) is 9.73. The minimum Gasteiger partial charge on any atom is -0.456 e. The highest BCUT2D eigenvalue weighted by molar-refractivity contribution is 6.05. The number of piperidine rings is 3. The summed E-state index contributed by atoms with van der Waals surface area (Å²) in [6.07, 6.45) is 5.41. The molecule has 9 heteroatoms. The van der Waals surface area contributed by atoms with Crippen molar-refractivity contribution in [3.8, 4) is 0 Å². The van der Waals surface area contributed by atoms with Crippen LogP contribution < -0.4 is 16.0 Å². The summed E-state index contributed by atoms with van der Waals surface area (Å²) < 4.78 is 18.2. The number of esters is 3. The third kappa shape index (κ3) is 7.91. The number of carbonyl (C=O) groups excluding carboxylic acids is 3. The quantitative estimate of drug-likeness (QED) is 0.285. The van der Waals surface area contributed by atoms with Crippen LogP contribution in [0.1, 0.15) is 111 Å². The van der Waals surface area contributed by atoms with Gasteiger partial charge in [-0.2, -0.15) is 0 Å². The van der Waals surface area contributed by atoms with Crippen molar-refractivity contribution < 1.29 is 28.6 Å². The Balaban J connectivity index is 1.60. The summed E-state index contributed by atoms with van der Waals surface area (Å²) in [6.45, 7) is 16.8. The van der Waals surface area contributed by atoms with Gasteiger partial charge in [-0.05, 0) is 138 Å². The Morgan fingerprint density at radius 2 is 0.881 bits per heavy atom. The molecule has 0 radical (unpaired) electrons. The van der Waals surface area contributed by atoms with Crippen molar-refractivity contribution in [1.82, 2.24) is 16.0 Å². The zero-order chi connectivity index (χ0) is 30.5. The molecule has 0 amide bonds. The molecule has 3 saturated heterocycles. The first-order valence-corrected chi connectivity index (χ1v) is 15.8. The van der Waals surface area contributed by atoms with Crippen LogP contribution in [0.4, 0.5) is 0 Å². The van der Waals surface area contributed by atoms with Gasteiger partial charge in [-0.25, -0.2) is 14.4 Å². The van der Waals surface area contributed by atoms with Gasteiger partial charge >= 0.3 is 17.9 Å². The monoisotopic (exact) mass is 585 g/mol. The molecule has 0 aliphatic carbocycles. The van der Waals surface area contributed by atoms with E-state index in [2.05, 4.69) is 16.0 Å². The molecule has 0 saturated carbocycles. The fourth-order valence-corrected chi connectivity index (χ4v) is 6.71. The first-order chi connectivity index (χ1) is 19.8. The molecule has 0 aromatic heterocycles. The van der Waals surface area contributed by atoms with Crippen LogP contribution >= 0.6 is 0 Å². The zero-order valence-corrected chi connectivity index (χ0v) is 26.4. The van der Waals surface area contributed by atoms with Gasteiger partial charge in [0, 0.05) is 17.8 Å². The average molecular weight is 586 g/mol. The Morgan fingerprint density at radius 3 is 1.26 bits per heavy atom. The fourth-order valence-electron chi connectivity index (χ4n) is 6.71. The Labute approximate surface area is 251 Å². The van der Waals surface area contributed by atoms with E-state index in [0.717, 1.165) is 77.8 Å². The van der Waals surface area contributed by atoms with Crippen LogP contribution in [0.15, 0.2) is 18.2 Å². The number of carbonyl (C=O) groups is 3. The molecule has 3 aliphatic heterocycles. The van der Waals surface area contributed by atoms with Crippen LogP contribution in [-0.2, 0) is 14.2 Å². The number of nitrogens with one attached hydrogen (secondary N) is 3. The minimum absolute atomic E-state index is 0.0252. The van der Waals surface area contributed by atoms with Crippen molar-refractivity contribution >= 4 is 17.9 Å². The van der Waals surface area contributed by atoms with Crippen LogP contribution in [0.3, 0.4) is 0 Å². The molecule has 4 rings (SSSR count). The Kier molecular flexibility index (Phi) is 10.4. The normalized spacial score (nSPS) is 20.1. The van der Waals surface area contributed by atoms with E-state index in [1.165, 1.54) is 12.1 Å². The van der Waals surface area contributed by atoms with Gasteiger partial charge in [0.25, 0.3) is 0 Å². The number of benzene rings is 1. The van der Waals surface area contributed by atoms with Crippen molar-refractivity contribution in [3.05, 3.63) is 34.9 Å². The van der Waals surface area contributed by atoms with Crippen LogP contribution in [0.5, 0.6) is 0 Å². The minimum atomic E-state index is -0.748. The van der Waals surface area contributed by atoms with Gasteiger partial charge in [0.1, 0.15) is 16.8 Å². The summed E-state index contributed by atoms with van der Waals surface area (Å²) in [6, 6.07) is 4.49. The molecule has 3 aliphatic rings. The maximum atomic E-state index is 13.8. The van der Waals surface area contributed by atoms with Crippen molar-refractivity contribution in [2.75, 3.05) is 39.3 Å². The Bertz CT molecular complexity index is 1110. The van der Waals surface area contributed by atoms with Gasteiger partial charge in [0.2, 0.25) is 0 Å². The predicted octanol–water partition coefficient (Wildman–Crippen LogP) is 4.49. The zero-order valence-electron chi connectivity index (χ0n) is 26.4. The lowest BCUT2D eigenvalue weighted by Gasteiger charge is -2.37. The summed E-state index contributed by atoms with van der Waals surface area (Å²) in [5, 5.41) is 10.0. The predicted molar refractivity (Wildman–Crippen MR) is 162 cm³/mol. The van der Waals surface area contributed by atoms with E-state index in [4.69, 9.17) is 14.2 Å². The van der Waals surface area contributed by atoms with Gasteiger partial charge < -0.3 is 30.2 Å². The molecule has 0 bridgehead atoms. The second kappa shape index (κ2) is 13.4. The lowest BCUT2D eigenvalue weighted by atomic mass is 9.83. The van der Waals surface area contributed by atoms with Gasteiger partial charge in [-0.1, -0.05) is 0 Å². The van der Waals surface area contributed by atoms with E-state index < -0.39 is 34.7 Å². The van der Waals surface area contributed by atoms with Crippen LogP contribution in [0.2, 0.25) is 0 Å². The maximum Gasteiger partial charge on any atom is 0.339 e. The highest BCUT2D eigenvalue weighted by Gasteiger charge is 2.39. The third-order valence-corrected chi connectivity index (χ3v) is 9.73. The van der Waals surface area contributed by atoms with Gasteiger partial charge in [-0.3, -0.25) is 0 Å². The lowest BCUT2D eigenvalue weighted by molar-refractivity contribution is -0.0408. The highest BCUT2D eigenvalue weighted by atomic mass is 16.6. The number of hydrogen-bond acceptors (Lipinski definition) is 9. The van der Waals surface area contributed by atoms with Gasteiger partial charge in [0.05, 0.1) is 16.7 Å². The summed E-state index contributed by atoms with van der Waals surface area (Å²) in [5.41, 5.74) is -1.81. The molecule has 3 N–H and O–H groups in total. The number of ether oxygens (including phenoxy) is 3. The molecular formula is C33H51N3O6.